The number of rotatable bonds is 4. The highest BCUT2D eigenvalue weighted by Crippen LogP contribution is 2.38. The molecular formula is C24H24N2O2. The van der Waals surface area contributed by atoms with E-state index in [-0.39, 0.29) is 11.9 Å². The fourth-order valence-electron chi connectivity index (χ4n) is 4.14. The number of hydrogen-bond acceptors (Lipinski definition) is 3. The fraction of sp³-hybridized carbons (Fsp3) is 0.333. The average molecular weight is 372 g/mol. The standard InChI is InChI=1S/C24H24N2O2/c27-24(25-18-12-13-28-23(14-18)17-10-11-17)20-15-22(16-6-2-1-3-7-16)26-21-9-5-4-8-19(20)21/h1-9,15,17-18,23H,10-14H2,(H,25,27). The van der Waals surface area contributed by atoms with Crippen molar-refractivity contribution in [3.63, 3.8) is 0 Å². The summed E-state index contributed by atoms with van der Waals surface area (Å²) in [6.07, 6.45) is 4.64. The lowest BCUT2D eigenvalue weighted by Gasteiger charge is -2.30. The summed E-state index contributed by atoms with van der Waals surface area (Å²) < 4.78 is 5.91. The molecule has 0 bridgehead atoms. The quantitative estimate of drug-likeness (QED) is 0.729. The Morgan fingerprint density at radius 3 is 2.61 bits per heavy atom. The molecule has 2 heterocycles. The van der Waals surface area contributed by atoms with Crippen LogP contribution in [0.25, 0.3) is 22.2 Å². The first-order chi connectivity index (χ1) is 13.8. The molecule has 4 heteroatoms. The normalized spacial score (nSPS) is 22.1. The number of nitrogens with zero attached hydrogens (tertiary/aromatic N) is 1. The summed E-state index contributed by atoms with van der Waals surface area (Å²) in [6.45, 7) is 0.735. The van der Waals surface area contributed by atoms with Gasteiger partial charge in [-0.05, 0) is 43.7 Å². The SMILES string of the molecule is O=C(NC1CCOC(C2CC2)C1)c1cc(-c2ccccc2)nc2ccccc12. The summed E-state index contributed by atoms with van der Waals surface area (Å²) in [5.41, 5.74) is 3.38. The topological polar surface area (TPSA) is 51.2 Å². The molecule has 28 heavy (non-hydrogen) atoms. The van der Waals surface area contributed by atoms with E-state index in [1.165, 1.54) is 12.8 Å². The number of benzene rings is 2. The zero-order valence-corrected chi connectivity index (χ0v) is 15.8. The number of hydrogen-bond donors (Lipinski definition) is 1. The van der Waals surface area contributed by atoms with Crippen LogP contribution in [0.2, 0.25) is 0 Å². The zero-order valence-electron chi connectivity index (χ0n) is 15.8. The fourth-order valence-corrected chi connectivity index (χ4v) is 4.14. The molecule has 2 fully saturated rings. The Balaban J connectivity index is 1.46. The molecular weight excluding hydrogens is 348 g/mol. The van der Waals surface area contributed by atoms with Gasteiger partial charge in [-0.2, -0.15) is 0 Å². The van der Waals surface area contributed by atoms with Gasteiger partial charge in [-0.25, -0.2) is 4.98 Å². The Bertz CT molecular complexity index is 998. The molecule has 1 saturated carbocycles. The van der Waals surface area contributed by atoms with Gasteiger partial charge in [0, 0.05) is 23.6 Å². The smallest absolute Gasteiger partial charge is 0.252 e. The number of carbonyl (C=O) groups is 1. The highest BCUT2D eigenvalue weighted by atomic mass is 16.5. The molecule has 1 aliphatic carbocycles. The van der Waals surface area contributed by atoms with E-state index in [0.29, 0.717) is 17.6 Å². The lowest BCUT2D eigenvalue weighted by atomic mass is 9.98. The van der Waals surface area contributed by atoms with Gasteiger partial charge in [0.15, 0.2) is 0 Å². The van der Waals surface area contributed by atoms with Crippen molar-refractivity contribution in [3.8, 4) is 11.3 Å². The first-order valence-corrected chi connectivity index (χ1v) is 10.2. The molecule has 2 aromatic carbocycles. The molecule has 0 spiro atoms. The molecule has 3 aromatic rings. The molecule has 1 aromatic heterocycles. The summed E-state index contributed by atoms with van der Waals surface area (Å²) in [6, 6.07) is 20.0. The number of fused-ring (bicyclic) bond motifs is 1. The zero-order chi connectivity index (χ0) is 18.9. The Morgan fingerprint density at radius 1 is 1.00 bits per heavy atom. The van der Waals surface area contributed by atoms with Gasteiger partial charge < -0.3 is 10.1 Å². The van der Waals surface area contributed by atoms with Crippen LogP contribution in [0.4, 0.5) is 0 Å². The summed E-state index contributed by atoms with van der Waals surface area (Å²) in [4.78, 5) is 18.0. The minimum Gasteiger partial charge on any atom is -0.378 e. The van der Waals surface area contributed by atoms with E-state index < -0.39 is 0 Å². The number of pyridine rings is 1. The minimum absolute atomic E-state index is 0.0165. The van der Waals surface area contributed by atoms with Gasteiger partial charge in [0.05, 0.1) is 22.9 Å². The summed E-state index contributed by atoms with van der Waals surface area (Å²) in [7, 11) is 0. The van der Waals surface area contributed by atoms with Crippen molar-refractivity contribution in [2.24, 2.45) is 5.92 Å². The molecule has 4 nitrogen and oxygen atoms in total. The van der Waals surface area contributed by atoms with Crippen LogP contribution in [-0.4, -0.2) is 29.6 Å². The Labute approximate surface area is 164 Å². The molecule has 1 saturated heterocycles. The average Bonchev–Trinajstić information content (AvgIpc) is 3.59. The summed E-state index contributed by atoms with van der Waals surface area (Å²) in [5.74, 6) is 0.684. The number of aromatic nitrogens is 1. The second-order valence-electron chi connectivity index (χ2n) is 7.88. The maximum Gasteiger partial charge on any atom is 0.252 e. The van der Waals surface area contributed by atoms with Crippen molar-refractivity contribution >= 4 is 16.8 Å². The first-order valence-electron chi connectivity index (χ1n) is 10.2. The first kappa shape index (κ1) is 17.4. The largest absolute Gasteiger partial charge is 0.378 e. The Morgan fingerprint density at radius 2 is 1.79 bits per heavy atom. The van der Waals surface area contributed by atoms with Crippen LogP contribution in [0.3, 0.4) is 0 Å². The molecule has 1 N–H and O–H groups in total. The summed E-state index contributed by atoms with van der Waals surface area (Å²) >= 11 is 0. The highest BCUT2D eigenvalue weighted by molar-refractivity contribution is 6.07. The van der Waals surface area contributed by atoms with Crippen LogP contribution in [0.5, 0.6) is 0 Å². The number of amides is 1. The van der Waals surface area contributed by atoms with Crippen molar-refractivity contribution in [2.45, 2.75) is 37.8 Å². The molecule has 2 aliphatic rings. The van der Waals surface area contributed by atoms with E-state index in [9.17, 15) is 4.79 Å². The third kappa shape index (κ3) is 3.52. The van der Waals surface area contributed by atoms with Crippen molar-refractivity contribution in [2.75, 3.05) is 6.61 Å². The van der Waals surface area contributed by atoms with Gasteiger partial charge in [0.25, 0.3) is 5.91 Å². The van der Waals surface area contributed by atoms with Gasteiger partial charge in [-0.3, -0.25) is 4.79 Å². The van der Waals surface area contributed by atoms with E-state index in [1.54, 1.807) is 0 Å². The van der Waals surface area contributed by atoms with E-state index >= 15 is 0 Å². The van der Waals surface area contributed by atoms with Crippen molar-refractivity contribution in [1.29, 1.82) is 0 Å². The molecule has 0 radical (unpaired) electrons. The maximum absolute atomic E-state index is 13.2. The Hall–Kier alpha value is -2.72. The second-order valence-corrected chi connectivity index (χ2v) is 7.88. The molecule has 2 atom stereocenters. The predicted molar refractivity (Wildman–Crippen MR) is 110 cm³/mol. The van der Waals surface area contributed by atoms with Gasteiger partial charge >= 0.3 is 0 Å². The van der Waals surface area contributed by atoms with Crippen LogP contribution in [0.15, 0.2) is 60.7 Å². The maximum atomic E-state index is 13.2. The van der Waals surface area contributed by atoms with E-state index in [0.717, 1.165) is 41.6 Å². The minimum atomic E-state index is -0.0165. The van der Waals surface area contributed by atoms with Crippen LogP contribution >= 0.6 is 0 Å². The van der Waals surface area contributed by atoms with E-state index in [2.05, 4.69) is 5.32 Å². The second kappa shape index (κ2) is 7.36. The van der Waals surface area contributed by atoms with Gasteiger partial charge in [-0.15, -0.1) is 0 Å². The van der Waals surface area contributed by atoms with Crippen LogP contribution in [-0.2, 0) is 4.74 Å². The summed E-state index contributed by atoms with van der Waals surface area (Å²) in [5, 5.41) is 4.17. The monoisotopic (exact) mass is 372 g/mol. The number of nitrogens with one attached hydrogen (secondary N) is 1. The van der Waals surface area contributed by atoms with Crippen LogP contribution in [0, 0.1) is 5.92 Å². The molecule has 2 unspecified atom stereocenters. The Kier molecular flexibility index (Phi) is 4.57. The van der Waals surface area contributed by atoms with Crippen molar-refractivity contribution < 1.29 is 9.53 Å². The molecule has 1 amide bonds. The van der Waals surface area contributed by atoms with Gasteiger partial charge in [-0.1, -0.05) is 48.5 Å². The molecule has 1 aliphatic heterocycles. The molecule has 5 rings (SSSR count). The number of ether oxygens (including phenoxy) is 1. The third-order valence-electron chi connectivity index (χ3n) is 5.83. The van der Waals surface area contributed by atoms with Crippen LogP contribution < -0.4 is 5.32 Å². The predicted octanol–water partition coefficient (Wildman–Crippen LogP) is 4.59. The lowest BCUT2D eigenvalue weighted by molar-refractivity contribution is -0.0102. The van der Waals surface area contributed by atoms with Gasteiger partial charge in [0.2, 0.25) is 0 Å². The van der Waals surface area contributed by atoms with Crippen molar-refractivity contribution in [1.82, 2.24) is 10.3 Å². The third-order valence-corrected chi connectivity index (χ3v) is 5.83. The van der Waals surface area contributed by atoms with E-state index in [4.69, 9.17) is 9.72 Å². The van der Waals surface area contributed by atoms with Crippen molar-refractivity contribution in [3.05, 3.63) is 66.2 Å². The lowest BCUT2D eigenvalue weighted by Crippen LogP contribution is -2.42. The number of para-hydroxylation sites is 1. The van der Waals surface area contributed by atoms with E-state index in [1.807, 2.05) is 60.7 Å². The van der Waals surface area contributed by atoms with Gasteiger partial charge in [0.1, 0.15) is 0 Å². The highest BCUT2D eigenvalue weighted by Gasteiger charge is 2.36. The molecule has 142 valence electrons. The van der Waals surface area contributed by atoms with Crippen LogP contribution in [0.1, 0.15) is 36.0 Å². The number of carbonyl (C=O) groups excluding carboxylic acids is 1.